The van der Waals surface area contributed by atoms with Gasteiger partial charge >= 0.3 is 0 Å². The summed E-state index contributed by atoms with van der Waals surface area (Å²) < 4.78 is 5.49. The standard InChI is InChI=1S/C13H23NO3/c1-2-10-9-14(6-5-12(10)15)13(16)8-11-4-3-7-17-11/h10-12,15H,2-9H2,1H3. The highest BCUT2D eigenvalue weighted by atomic mass is 16.5. The Morgan fingerprint density at radius 2 is 2.29 bits per heavy atom. The molecule has 0 aromatic heterocycles. The van der Waals surface area contributed by atoms with Crippen LogP contribution in [0, 0.1) is 5.92 Å². The third-order valence-corrected chi connectivity index (χ3v) is 4.00. The van der Waals surface area contributed by atoms with Gasteiger partial charge < -0.3 is 14.7 Å². The largest absolute Gasteiger partial charge is 0.393 e. The van der Waals surface area contributed by atoms with Crippen molar-refractivity contribution in [3.8, 4) is 0 Å². The molecule has 4 heteroatoms. The number of aliphatic hydroxyl groups excluding tert-OH is 1. The molecule has 0 radical (unpaired) electrons. The summed E-state index contributed by atoms with van der Waals surface area (Å²) in [5, 5.41) is 9.79. The van der Waals surface area contributed by atoms with E-state index in [1.165, 1.54) is 0 Å². The van der Waals surface area contributed by atoms with Gasteiger partial charge in [0.2, 0.25) is 5.91 Å². The van der Waals surface area contributed by atoms with Gasteiger partial charge in [-0.2, -0.15) is 0 Å². The molecule has 1 amide bonds. The lowest BCUT2D eigenvalue weighted by Gasteiger charge is -2.36. The average Bonchev–Trinajstić information content (AvgIpc) is 2.82. The third-order valence-electron chi connectivity index (χ3n) is 4.00. The minimum atomic E-state index is -0.230. The Hall–Kier alpha value is -0.610. The fourth-order valence-electron chi connectivity index (χ4n) is 2.78. The molecule has 98 valence electrons. The lowest BCUT2D eigenvalue weighted by molar-refractivity contribution is -0.137. The van der Waals surface area contributed by atoms with Crippen LogP contribution < -0.4 is 0 Å². The number of aliphatic hydroxyl groups is 1. The van der Waals surface area contributed by atoms with E-state index in [2.05, 4.69) is 6.92 Å². The quantitative estimate of drug-likeness (QED) is 0.807. The normalized spacial score (nSPS) is 34.0. The second-order valence-corrected chi connectivity index (χ2v) is 5.20. The van der Waals surface area contributed by atoms with Gasteiger partial charge in [0.05, 0.1) is 18.6 Å². The molecule has 2 aliphatic heterocycles. The van der Waals surface area contributed by atoms with E-state index < -0.39 is 0 Å². The molecule has 1 N–H and O–H groups in total. The van der Waals surface area contributed by atoms with Crippen molar-refractivity contribution in [2.45, 2.75) is 51.2 Å². The molecule has 0 aromatic carbocycles. The molecule has 2 aliphatic rings. The van der Waals surface area contributed by atoms with Crippen molar-refractivity contribution in [2.75, 3.05) is 19.7 Å². The van der Waals surface area contributed by atoms with E-state index in [1.54, 1.807) is 0 Å². The molecule has 2 saturated heterocycles. The highest BCUT2D eigenvalue weighted by Gasteiger charge is 2.30. The monoisotopic (exact) mass is 241 g/mol. The van der Waals surface area contributed by atoms with E-state index in [0.29, 0.717) is 19.5 Å². The minimum absolute atomic E-state index is 0.134. The van der Waals surface area contributed by atoms with E-state index in [9.17, 15) is 9.90 Å². The highest BCUT2D eigenvalue weighted by molar-refractivity contribution is 5.76. The number of nitrogens with zero attached hydrogens (tertiary/aromatic N) is 1. The summed E-state index contributed by atoms with van der Waals surface area (Å²) in [4.78, 5) is 14.0. The summed E-state index contributed by atoms with van der Waals surface area (Å²) in [5.74, 6) is 0.444. The fraction of sp³-hybridized carbons (Fsp3) is 0.923. The summed E-state index contributed by atoms with van der Waals surface area (Å²) in [6, 6.07) is 0. The molecule has 17 heavy (non-hydrogen) atoms. The predicted molar refractivity (Wildman–Crippen MR) is 64.6 cm³/mol. The number of hydrogen-bond donors (Lipinski definition) is 1. The highest BCUT2D eigenvalue weighted by Crippen LogP contribution is 2.22. The van der Waals surface area contributed by atoms with E-state index in [4.69, 9.17) is 4.74 Å². The first kappa shape index (κ1) is 12.8. The predicted octanol–water partition coefficient (Wildman–Crippen LogP) is 1.17. The molecule has 0 bridgehead atoms. The van der Waals surface area contributed by atoms with Crippen LogP contribution in [-0.2, 0) is 9.53 Å². The maximum Gasteiger partial charge on any atom is 0.225 e. The van der Waals surface area contributed by atoms with Crippen LogP contribution in [-0.4, -0.2) is 47.8 Å². The summed E-state index contributed by atoms with van der Waals surface area (Å²) >= 11 is 0. The smallest absolute Gasteiger partial charge is 0.225 e. The van der Waals surface area contributed by atoms with Crippen LogP contribution in [0.5, 0.6) is 0 Å². The summed E-state index contributed by atoms with van der Waals surface area (Å²) in [5.41, 5.74) is 0. The Morgan fingerprint density at radius 3 is 2.94 bits per heavy atom. The minimum Gasteiger partial charge on any atom is -0.393 e. The van der Waals surface area contributed by atoms with Crippen molar-refractivity contribution in [3.63, 3.8) is 0 Å². The number of hydrogen-bond acceptors (Lipinski definition) is 3. The van der Waals surface area contributed by atoms with Gasteiger partial charge in [-0.05, 0) is 25.7 Å². The lowest BCUT2D eigenvalue weighted by atomic mass is 9.92. The zero-order valence-electron chi connectivity index (χ0n) is 10.6. The maximum absolute atomic E-state index is 12.1. The van der Waals surface area contributed by atoms with Gasteiger partial charge in [0, 0.05) is 25.6 Å². The molecule has 3 unspecified atom stereocenters. The average molecular weight is 241 g/mol. The molecule has 2 fully saturated rings. The van der Waals surface area contributed by atoms with Crippen molar-refractivity contribution >= 4 is 5.91 Å². The number of carbonyl (C=O) groups is 1. The topological polar surface area (TPSA) is 49.8 Å². The molecular weight excluding hydrogens is 218 g/mol. The Kier molecular flexibility index (Phi) is 4.40. The molecule has 0 spiro atoms. The number of piperidine rings is 1. The summed E-state index contributed by atoms with van der Waals surface area (Å²) in [6.07, 6.45) is 4.17. The number of ether oxygens (including phenoxy) is 1. The van der Waals surface area contributed by atoms with Gasteiger partial charge in [0.15, 0.2) is 0 Å². The van der Waals surface area contributed by atoms with Crippen LogP contribution >= 0.6 is 0 Å². The first-order valence-electron chi connectivity index (χ1n) is 6.78. The van der Waals surface area contributed by atoms with Crippen molar-refractivity contribution in [3.05, 3.63) is 0 Å². The second kappa shape index (κ2) is 5.83. The number of likely N-dealkylation sites (tertiary alicyclic amines) is 1. The molecule has 4 nitrogen and oxygen atoms in total. The zero-order chi connectivity index (χ0) is 12.3. The van der Waals surface area contributed by atoms with E-state index >= 15 is 0 Å². The fourth-order valence-corrected chi connectivity index (χ4v) is 2.78. The Balaban J connectivity index is 1.82. The molecule has 0 aromatic rings. The van der Waals surface area contributed by atoms with Crippen LogP contribution in [0.1, 0.15) is 39.0 Å². The van der Waals surface area contributed by atoms with Gasteiger partial charge in [-0.15, -0.1) is 0 Å². The van der Waals surface area contributed by atoms with E-state index in [0.717, 1.165) is 32.3 Å². The van der Waals surface area contributed by atoms with E-state index in [1.807, 2.05) is 4.90 Å². The van der Waals surface area contributed by atoms with Crippen molar-refractivity contribution < 1.29 is 14.6 Å². The number of rotatable bonds is 3. The third kappa shape index (κ3) is 3.19. The van der Waals surface area contributed by atoms with Gasteiger partial charge in [-0.1, -0.05) is 6.92 Å². The van der Waals surface area contributed by atoms with Crippen molar-refractivity contribution in [2.24, 2.45) is 5.92 Å². The van der Waals surface area contributed by atoms with Crippen molar-refractivity contribution in [1.29, 1.82) is 0 Å². The SMILES string of the molecule is CCC1CN(C(=O)CC2CCCO2)CCC1O. The first-order valence-corrected chi connectivity index (χ1v) is 6.78. The van der Waals surface area contributed by atoms with Crippen LogP contribution in [0.3, 0.4) is 0 Å². The molecule has 0 aliphatic carbocycles. The van der Waals surface area contributed by atoms with Crippen LogP contribution in [0.15, 0.2) is 0 Å². The Bertz CT molecular complexity index is 263. The molecular formula is C13H23NO3. The Morgan fingerprint density at radius 1 is 1.47 bits per heavy atom. The van der Waals surface area contributed by atoms with Gasteiger partial charge in [0.25, 0.3) is 0 Å². The molecule has 0 saturated carbocycles. The molecule has 2 heterocycles. The second-order valence-electron chi connectivity index (χ2n) is 5.20. The first-order chi connectivity index (χ1) is 8.20. The summed E-state index contributed by atoms with van der Waals surface area (Å²) in [6.45, 7) is 4.28. The number of amides is 1. The van der Waals surface area contributed by atoms with Crippen LogP contribution in [0.2, 0.25) is 0 Å². The Labute approximate surface area is 103 Å². The number of carbonyl (C=O) groups excluding carboxylic acids is 1. The maximum atomic E-state index is 12.1. The molecule has 2 rings (SSSR count). The van der Waals surface area contributed by atoms with Gasteiger partial charge in [-0.25, -0.2) is 0 Å². The van der Waals surface area contributed by atoms with Gasteiger partial charge in [-0.3, -0.25) is 4.79 Å². The zero-order valence-corrected chi connectivity index (χ0v) is 10.6. The van der Waals surface area contributed by atoms with Crippen LogP contribution in [0.25, 0.3) is 0 Å². The van der Waals surface area contributed by atoms with E-state index in [-0.39, 0.29) is 24.0 Å². The molecule has 3 atom stereocenters. The van der Waals surface area contributed by atoms with Crippen LogP contribution in [0.4, 0.5) is 0 Å². The van der Waals surface area contributed by atoms with Crippen molar-refractivity contribution in [1.82, 2.24) is 4.90 Å². The lowest BCUT2D eigenvalue weighted by Crippen LogP contribution is -2.46. The van der Waals surface area contributed by atoms with Gasteiger partial charge in [0.1, 0.15) is 0 Å². The summed E-state index contributed by atoms with van der Waals surface area (Å²) in [7, 11) is 0.